The fourth-order valence-electron chi connectivity index (χ4n) is 2.68. The van der Waals surface area contributed by atoms with Crippen molar-refractivity contribution in [3.8, 4) is 0 Å². The van der Waals surface area contributed by atoms with Crippen LogP contribution in [-0.4, -0.2) is 18.4 Å². The third kappa shape index (κ3) is 2.79. The standard InChI is InChI=1S/C17H14F2N2O2/c1-2-21-15-6-4-12(7-10(15)8-16(21)22)20-17(23)13-5-3-11(18)9-14(13)19/h3-7,9H,2,8H2,1H3,(H,20,23). The molecule has 0 spiro atoms. The van der Waals surface area contributed by atoms with Crippen LogP contribution in [0, 0.1) is 11.6 Å². The average molecular weight is 316 g/mol. The lowest BCUT2D eigenvalue weighted by molar-refractivity contribution is -0.117. The molecule has 1 aliphatic heterocycles. The van der Waals surface area contributed by atoms with Crippen LogP contribution in [0.4, 0.5) is 20.2 Å². The zero-order valence-corrected chi connectivity index (χ0v) is 12.4. The lowest BCUT2D eigenvalue weighted by Gasteiger charge is -2.15. The molecule has 2 amide bonds. The first-order valence-corrected chi connectivity index (χ1v) is 7.19. The van der Waals surface area contributed by atoms with E-state index in [-0.39, 0.29) is 17.9 Å². The van der Waals surface area contributed by atoms with Gasteiger partial charge in [0.15, 0.2) is 0 Å². The monoisotopic (exact) mass is 316 g/mol. The summed E-state index contributed by atoms with van der Waals surface area (Å²) in [4.78, 5) is 25.6. The van der Waals surface area contributed by atoms with Crippen molar-refractivity contribution in [2.45, 2.75) is 13.3 Å². The molecule has 0 aromatic heterocycles. The summed E-state index contributed by atoms with van der Waals surface area (Å²) in [5.74, 6) is -2.32. The van der Waals surface area contributed by atoms with Crippen LogP contribution in [-0.2, 0) is 11.2 Å². The number of nitrogens with zero attached hydrogens (tertiary/aromatic N) is 1. The molecule has 6 heteroatoms. The van der Waals surface area contributed by atoms with Gasteiger partial charge in [-0.3, -0.25) is 9.59 Å². The van der Waals surface area contributed by atoms with E-state index in [1.807, 2.05) is 6.92 Å². The number of benzene rings is 2. The zero-order chi connectivity index (χ0) is 16.6. The predicted octanol–water partition coefficient (Wildman–Crippen LogP) is 3.13. The molecule has 3 rings (SSSR count). The number of fused-ring (bicyclic) bond motifs is 1. The summed E-state index contributed by atoms with van der Waals surface area (Å²) in [5, 5.41) is 2.56. The third-order valence-electron chi connectivity index (χ3n) is 3.76. The van der Waals surface area contributed by atoms with Gasteiger partial charge in [-0.05, 0) is 42.8 Å². The van der Waals surface area contributed by atoms with Gasteiger partial charge in [0.25, 0.3) is 5.91 Å². The average Bonchev–Trinajstić information content (AvgIpc) is 2.81. The van der Waals surface area contributed by atoms with E-state index in [9.17, 15) is 18.4 Å². The molecule has 0 aliphatic carbocycles. The molecule has 23 heavy (non-hydrogen) atoms. The summed E-state index contributed by atoms with van der Waals surface area (Å²) in [5.41, 5.74) is 1.86. The predicted molar refractivity (Wildman–Crippen MR) is 82.5 cm³/mol. The van der Waals surface area contributed by atoms with Crippen LogP contribution in [0.25, 0.3) is 0 Å². The minimum atomic E-state index is -0.920. The van der Waals surface area contributed by atoms with E-state index in [0.717, 1.165) is 23.4 Å². The number of hydrogen-bond donors (Lipinski definition) is 1. The molecule has 1 aliphatic rings. The Hall–Kier alpha value is -2.76. The maximum atomic E-state index is 13.6. The van der Waals surface area contributed by atoms with Gasteiger partial charge in [-0.1, -0.05) is 0 Å². The Labute approximate surface area is 131 Å². The van der Waals surface area contributed by atoms with Crippen LogP contribution >= 0.6 is 0 Å². The highest BCUT2D eigenvalue weighted by atomic mass is 19.1. The van der Waals surface area contributed by atoms with Gasteiger partial charge >= 0.3 is 0 Å². The molecule has 4 nitrogen and oxygen atoms in total. The minimum absolute atomic E-state index is 0.00977. The molecule has 0 saturated carbocycles. The molecule has 0 saturated heterocycles. The summed E-state index contributed by atoms with van der Waals surface area (Å²) in [6, 6.07) is 7.88. The molecule has 1 N–H and O–H groups in total. The summed E-state index contributed by atoms with van der Waals surface area (Å²) in [7, 11) is 0. The molecular weight excluding hydrogens is 302 g/mol. The number of carbonyl (C=O) groups excluding carboxylic acids is 2. The minimum Gasteiger partial charge on any atom is -0.322 e. The number of halogens is 2. The molecule has 2 aromatic carbocycles. The van der Waals surface area contributed by atoms with Gasteiger partial charge in [0.05, 0.1) is 12.0 Å². The summed E-state index contributed by atoms with van der Waals surface area (Å²) in [6.07, 6.45) is 0.276. The van der Waals surface area contributed by atoms with Gasteiger partial charge in [-0.2, -0.15) is 0 Å². The highest BCUT2D eigenvalue weighted by Crippen LogP contribution is 2.31. The van der Waals surface area contributed by atoms with Crippen molar-refractivity contribution >= 4 is 23.2 Å². The number of anilines is 2. The number of carbonyl (C=O) groups is 2. The van der Waals surface area contributed by atoms with E-state index in [4.69, 9.17) is 0 Å². The lowest BCUT2D eigenvalue weighted by atomic mass is 10.1. The Bertz CT molecular complexity index is 805. The second-order valence-electron chi connectivity index (χ2n) is 5.24. The van der Waals surface area contributed by atoms with E-state index in [0.29, 0.717) is 18.3 Å². The van der Waals surface area contributed by atoms with Crippen LogP contribution in [0.15, 0.2) is 36.4 Å². The van der Waals surface area contributed by atoms with Crippen molar-refractivity contribution in [3.63, 3.8) is 0 Å². The van der Waals surface area contributed by atoms with E-state index in [1.54, 1.807) is 23.1 Å². The number of amides is 2. The Kier molecular flexibility index (Phi) is 3.82. The number of likely N-dealkylation sites (N-methyl/N-ethyl adjacent to an activating group) is 1. The molecule has 2 aromatic rings. The van der Waals surface area contributed by atoms with Gasteiger partial charge in [0.2, 0.25) is 5.91 Å². The third-order valence-corrected chi connectivity index (χ3v) is 3.76. The van der Waals surface area contributed by atoms with Crippen LogP contribution in [0.3, 0.4) is 0 Å². The van der Waals surface area contributed by atoms with Gasteiger partial charge in [0.1, 0.15) is 11.6 Å². The van der Waals surface area contributed by atoms with Gasteiger partial charge < -0.3 is 10.2 Å². The second-order valence-corrected chi connectivity index (χ2v) is 5.24. The van der Waals surface area contributed by atoms with E-state index in [2.05, 4.69) is 5.32 Å². The van der Waals surface area contributed by atoms with E-state index >= 15 is 0 Å². The Morgan fingerprint density at radius 1 is 1.22 bits per heavy atom. The van der Waals surface area contributed by atoms with Gasteiger partial charge in [0, 0.05) is 24.0 Å². The molecule has 1 heterocycles. The zero-order valence-electron chi connectivity index (χ0n) is 12.4. The molecule has 0 unspecified atom stereocenters. The second kappa shape index (κ2) is 5.79. The molecule has 0 radical (unpaired) electrons. The van der Waals surface area contributed by atoms with Crippen LogP contribution in [0.1, 0.15) is 22.8 Å². The van der Waals surface area contributed by atoms with Crippen molar-refractivity contribution in [2.75, 3.05) is 16.8 Å². The molecule has 118 valence electrons. The van der Waals surface area contributed by atoms with Crippen LogP contribution in [0.5, 0.6) is 0 Å². The number of rotatable bonds is 3. The normalized spacial score (nSPS) is 13.2. The fourth-order valence-corrected chi connectivity index (χ4v) is 2.68. The van der Waals surface area contributed by atoms with E-state index < -0.39 is 17.5 Å². The maximum Gasteiger partial charge on any atom is 0.258 e. The first-order chi connectivity index (χ1) is 11.0. The van der Waals surface area contributed by atoms with Crippen molar-refractivity contribution < 1.29 is 18.4 Å². The number of hydrogen-bond acceptors (Lipinski definition) is 2. The topological polar surface area (TPSA) is 49.4 Å². The first-order valence-electron chi connectivity index (χ1n) is 7.19. The van der Waals surface area contributed by atoms with E-state index in [1.165, 1.54) is 0 Å². The van der Waals surface area contributed by atoms with Crippen LogP contribution < -0.4 is 10.2 Å². The highest BCUT2D eigenvalue weighted by Gasteiger charge is 2.26. The van der Waals surface area contributed by atoms with Crippen molar-refractivity contribution in [3.05, 3.63) is 59.2 Å². The van der Waals surface area contributed by atoms with Crippen molar-refractivity contribution in [2.24, 2.45) is 0 Å². The summed E-state index contributed by atoms with van der Waals surface area (Å²) >= 11 is 0. The largest absolute Gasteiger partial charge is 0.322 e. The highest BCUT2D eigenvalue weighted by molar-refractivity contribution is 6.06. The molecule has 0 atom stereocenters. The Morgan fingerprint density at radius 3 is 2.70 bits per heavy atom. The van der Waals surface area contributed by atoms with Crippen LogP contribution in [0.2, 0.25) is 0 Å². The van der Waals surface area contributed by atoms with Crippen molar-refractivity contribution in [1.29, 1.82) is 0 Å². The summed E-state index contributed by atoms with van der Waals surface area (Å²) in [6.45, 7) is 2.47. The Balaban J connectivity index is 1.83. The number of nitrogens with one attached hydrogen (secondary N) is 1. The van der Waals surface area contributed by atoms with Gasteiger partial charge in [-0.15, -0.1) is 0 Å². The van der Waals surface area contributed by atoms with Crippen molar-refractivity contribution in [1.82, 2.24) is 0 Å². The molecule has 0 fully saturated rings. The van der Waals surface area contributed by atoms with Gasteiger partial charge in [-0.25, -0.2) is 8.78 Å². The Morgan fingerprint density at radius 2 is 2.00 bits per heavy atom. The first kappa shape index (κ1) is 15.1. The molecular formula is C17H14F2N2O2. The quantitative estimate of drug-likeness (QED) is 0.946. The smallest absolute Gasteiger partial charge is 0.258 e. The SMILES string of the molecule is CCN1C(=O)Cc2cc(NC(=O)c3ccc(F)cc3F)ccc21. The fraction of sp³-hybridized carbons (Fsp3) is 0.176. The maximum absolute atomic E-state index is 13.6. The summed E-state index contributed by atoms with van der Waals surface area (Å²) < 4.78 is 26.5. The molecule has 0 bridgehead atoms. The lowest BCUT2D eigenvalue weighted by Crippen LogP contribution is -2.25.